The van der Waals surface area contributed by atoms with Gasteiger partial charge >= 0.3 is 0 Å². The molecule has 0 aliphatic carbocycles. The number of ketones is 1. The molecule has 0 aliphatic rings. The van der Waals surface area contributed by atoms with Crippen LogP contribution in [0.3, 0.4) is 0 Å². The van der Waals surface area contributed by atoms with E-state index in [0.717, 1.165) is 12.1 Å². The van der Waals surface area contributed by atoms with Crippen LogP contribution in [-0.4, -0.2) is 5.78 Å². The van der Waals surface area contributed by atoms with E-state index in [1.165, 1.54) is 6.07 Å². The molecule has 0 saturated heterocycles. The number of hydrogen-bond acceptors (Lipinski definition) is 2. The van der Waals surface area contributed by atoms with Crippen LogP contribution in [0.5, 0.6) is 0 Å². The standard InChI is InChI=1S/C12H11F2NO/c1-2-8(6-7-15)12(16)11-9(13)4-3-5-10(11)14/h3-5,8H,2,6H2,1H3. The number of nitriles is 1. The summed E-state index contributed by atoms with van der Waals surface area (Å²) in [4.78, 5) is 11.8. The SMILES string of the molecule is CCC(CC#N)C(=O)c1c(F)cccc1F. The fourth-order valence-corrected chi connectivity index (χ4v) is 1.47. The van der Waals surface area contributed by atoms with Crippen LogP contribution in [0.15, 0.2) is 18.2 Å². The minimum absolute atomic E-state index is 0.0247. The van der Waals surface area contributed by atoms with Gasteiger partial charge in [-0.1, -0.05) is 13.0 Å². The summed E-state index contributed by atoms with van der Waals surface area (Å²) in [5, 5.41) is 8.51. The van der Waals surface area contributed by atoms with Gasteiger partial charge in [0.25, 0.3) is 0 Å². The average molecular weight is 223 g/mol. The molecule has 1 unspecified atom stereocenters. The van der Waals surface area contributed by atoms with Gasteiger partial charge < -0.3 is 0 Å². The van der Waals surface area contributed by atoms with Gasteiger partial charge in [-0.15, -0.1) is 0 Å². The van der Waals surface area contributed by atoms with E-state index >= 15 is 0 Å². The molecule has 0 bridgehead atoms. The zero-order valence-electron chi connectivity index (χ0n) is 8.84. The second-order valence-corrected chi connectivity index (χ2v) is 3.43. The molecule has 0 spiro atoms. The molecule has 16 heavy (non-hydrogen) atoms. The topological polar surface area (TPSA) is 40.9 Å². The Morgan fingerprint density at radius 3 is 2.44 bits per heavy atom. The Morgan fingerprint density at radius 2 is 2.00 bits per heavy atom. The molecule has 4 heteroatoms. The molecule has 0 aliphatic heterocycles. The molecule has 0 N–H and O–H groups in total. The Bertz CT molecular complexity index is 417. The largest absolute Gasteiger partial charge is 0.294 e. The molecule has 2 nitrogen and oxygen atoms in total. The Hall–Kier alpha value is -1.76. The molecule has 0 aromatic heterocycles. The quantitative estimate of drug-likeness (QED) is 0.736. The molecule has 0 heterocycles. The van der Waals surface area contributed by atoms with Crippen LogP contribution in [0.2, 0.25) is 0 Å². The first-order chi connectivity index (χ1) is 7.61. The number of nitrogens with zero attached hydrogens (tertiary/aromatic N) is 1. The van der Waals surface area contributed by atoms with Crippen molar-refractivity contribution in [1.82, 2.24) is 0 Å². The lowest BCUT2D eigenvalue weighted by atomic mass is 9.92. The summed E-state index contributed by atoms with van der Waals surface area (Å²) in [5.74, 6) is -3.03. The van der Waals surface area contributed by atoms with Crippen LogP contribution in [0.1, 0.15) is 30.1 Å². The molecule has 0 radical (unpaired) electrons. The fraction of sp³-hybridized carbons (Fsp3) is 0.333. The Labute approximate surface area is 92.5 Å². The Balaban J connectivity index is 3.09. The third-order valence-electron chi connectivity index (χ3n) is 2.41. The summed E-state index contributed by atoms with van der Waals surface area (Å²) in [6.45, 7) is 1.71. The molecule has 1 aromatic rings. The van der Waals surface area contributed by atoms with Crippen LogP contribution in [0.4, 0.5) is 8.78 Å². The van der Waals surface area contributed by atoms with Crippen LogP contribution in [-0.2, 0) is 0 Å². The van der Waals surface area contributed by atoms with E-state index in [9.17, 15) is 13.6 Å². The van der Waals surface area contributed by atoms with Crippen molar-refractivity contribution in [3.8, 4) is 6.07 Å². The summed E-state index contributed by atoms with van der Waals surface area (Å²) < 4.78 is 26.6. The maximum absolute atomic E-state index is 13.3. The van der Waals surface area contributed by atoms with Crippen LogP contribution in [0.25, 0.3) is 0 Å². The van der Waals surface area contributed by atoms with E-state index in [2.05, 4.69) is 0 Å². The summed E-state index contributed by atoms with van der Waals surface area (Å²) in [6.07, 6.45) is 0.364. The minimum Gasteiger partial charge on any atom is -0.294 e. The predicted molar refractivity (Wildman–Crippen MR) is 54.7 cm³/mol. The molecule has 1 atom stereocenters. The van der Waals surface area contributed by atoms with Crippen molar-refractivity contribution in [2.24, 2.45) is 5.92 Å². The molecule has 0 saturated carbocycles. The fourth-order valence-electron chi connectivity index (χ4n) is 1.47. The molecular formula is C12H11F2NO. The summed E-state index contributed by atoms with van der Waals surface area (Å²) in [6, 6.07) is 5.12. The van der Waals surface area contributed by atoms with Gasteiger partial charge in [-0.25, -0.2) is 8.78 Å². The van der Waals surface area contributed by atoms with Gasteiger partial charge in [0.15, 0.2) is 5.78 Å². The molecule has 0 amide bonds. The highest BCUT2D eigenvalue weighted by molar-refractivity contribution is 5.98. The van der Waals surface area contributed by atoms with E-state index in [0.29, 0.717) is 6.42 Å². The second-order valence-electron chi connectivity index (χ2n) is 3.43. The average Bonchev–Trinajstić information content (AvgIpc) is 2.25. The number of halogens is 2. The molecule has 0 fully saturated rings. The lowest BCUT2D eigenvalue weighted by molar-refractivity contribution is 0.0910. The van der Waals surface area contributed by atoms with Crippen molar-refractivity contribution in [1.29, 1.82) is 5.26 Å². The molecule has 84 valence electrons. The van der Waals surface area contributed by atoms with Crippen molar-refractivity contribution in [2.45, 2.75) is 19.8 Å². The highest BCUT2D eigenvalue weighted by Gasteiger charge is 2.24. The normalized spacial score (nSPS) is 11.9. The van der Waals surface area contributed by atoms with Crippen LogP contribution in [0, 0.1) is 28.9 Å². The molecule has 1 rings (SSSR count). The zero-order chi connectivity index (χ0) is 12.1. The molecular weight excluding hydrogens is 212 g/mol. The van der Waals surface area contributed by atoms with Crippen molar-refractivity contribution >= 4 is 5.78 Å². The smallest absolute Gasteiger partial charge is 0.172 e. The summed E-state index contributed by atoms with van der Waals surface area (Å²) in [5.41, 5.74) is -0.537. The van der Waals surface area contributed by atoms with Crippen molar-refractivity contribution in [2.75, 3.05) is 0 Å². The first-order valence-corrected chi connectivity index (χ1v) is 4.97. The van der Waals surface area contributed by atoms with Gasteiger partial charge in [-0.3, -0.25) is 4.79 Å². The van der Waals surface area contributed by atoms with Crippen LogP contribution >= 0.6 is 0 Å². The third kappa shape index (κ3) is 2.43. The molecule has 1 aromatic carbocycles. The van der Waals surface area contributed by atoms with E-state index in [1.807, 2.05) is 6.07 Å². The maximum Gasteiger partial charge on any atom is 0.172 e. The van der Waals surface area contributed by atoms with Gasteiger partial charge in [0.05, 0.1) is 11.6 Å². The summed E-state index contributed by atoms with van der Waals surface area (Å²) in [7, 11) is 0. The van der Waals surface area contributed by atoms with Crippen molar-refractivity contribution in [3.05, 3.63) is 35.4 Å². The maximum atomic E-state index is 13.3. The van der Waals surface area contributed by atoms with E-state index in [1.54, 1.807) is 6.92 Å². The lowest BCUT2D eigenvalue weighted by Crippen LogP contribution is -2.16. The van der Waals surface area contributed by atoms with Gasteiger partial charge in [0, 0.05) is 12.3 Å². The first-order valence-electron chi connectivity index (χ1n) is 4.97. The van der Waals surface area contributed by atoms with E-state index in [-0.39, 0.29) is 6.42 Å². The van der Waals surface area contributed by atoms with Crippen molar-refractivity contribution in [3.63, 3.8) is 0 Å². The number of benzene rings is 1. The number of hydrogen-bond donors (Lipinski definition) is 0. The van der Waals surface area contributed by atoms with E-state index in [4.69, 9.17) is 5.26 Å². The van der Waals surface area contributed by atoms with Gasteiger partial charge in [0.1, 0.15) is 11.6 Å². The van der Waals surface area contributed by atoms with Crippen LogP contribution < -0.4 is 0 Å². The number of Topliss-reactive ketones (excluding diaryl/α,β-unsaturated/α-hetero) is 1. The predicted octanol–water partition coefficient (Wildman–Crippen LogP) is 3.09. The highest BCUT2D eigenvalue weighted by atomic mass is 19.1. The monoisotopic (exact) mass is 223 g/mol. The van der Waals surface area contributed by atoms with Gasteiger partial charge in [0.2, 0.25) is 0 Å². The Kier molecular flexibility index (Phi) is 4.12. The Morgan fingerprint density at radius 1 is 1.44 bits per heavy atom. The van der Waals surface area contributed by atoms with E-state index < -0.39 is 28.9 Å². The highest BCUT2D eigenvalue weighted by Crippen LogP contribution is 2.20. The summed E-state index contributed by atoms with van der Waals surface area (Å²) >= 11 is 0. The van der Waals surface area contributed by atoms with Gasteiger partial charge in [-0.2, -0.15) is 5.26 Å². The number of rotatable bonds is 4. The van der Waals surface area contributed by atoms with Gasteiger partial charge in [-0.05, 0) is 18.6 Å². The lowest BCUT2D eigenvalue weighted by Gasteiger charge is -2.10. The first kappa shape index (κ1) is 12.3. The second kappa shape index (κ2) is 5.36. The minimum atomic E-state index is -0.874. The number of carbonyl (C=O) groups excluding carboxylic acids is 1. The van der Waals surface area contributed by atoms with Crippen molar-refractivity contribution < 1.29 is 13.6 Å². The number of carbonyl (C=O) groups is 1. The zero-order valence-corrected chi connectivity index (χ0v) is 8.84. The third-order valence-corrected chi connectivity index (χ3v) is 2.41.